The van der Waals surface area contributed by atoms with Crippen LogP contribution < -0.4 is 5.59 Å². The number of nitrogens with one attached hydrogen (secondary N) is 1. The lowest BCUT2D eigenvalue weighted by Crippen LogP contribution is -2.33. The molecule has 0 aliphatic carbocycles. The van der Waals surface area contributed by atoms with Crippen LogP contribution in [0.1, 0.15) is 27.7 Å². The van der Waals surface area contributed by atoms with Crippen LogP contribution in [0.4, 0.5) is 0 Å². The van der Waals surface area contributed by atoms with Gasteiger partial charge in [-0.05, 0) is 19.4 Å². The third-order valence-corrected chi connectivity index (χ3v) is 1.43. The van der Waals surface area contributed by atoms with E-state index in [1.165, 1.54) is 0 Å². The van der Waals surface area contributed by atoms with Gasteiger partial charge in [0, 0.05) is 5.92 Å². The predicted octanol–water partition coefficient (Wildman–Crippen LogP) is 1.12. The molecule has 0 spiro atoms. The van der Waals surface area contributed by atoms with E-state index in [1.54, 1.807) is 5.12 Å². The number of hydrazone groups is 1. The Kier molecular flexibility index (Phi) is 2.34. The van der Waals surface area contributed by atoms with E-state index < -0.39 is 0 Å². The maximum absolute atomic E-state index is 5.11. The molecule has 0 aromatic carbocycles. The summed E-state index contributed by atoms with van der Waals surface area (Å²) < 4.78 is 0. The molecule has 11 heavy (non-hydrogen) atoms. The van der Waals surface area contributed by atoms with Gasteiger partial charge < -0.3 is 4.84 Å². The molecule has 0 saturated heterocycles. The molecular weight excluding hydrogens is 142 g/mol. The molecule has 1 rings (SSSR count). The standard InChI is InChI=1S/C7H15N3O/c1-5(2)7-8-10(6(3)4)9-11-7/h5-6,9H,1-4H3. The lowest BCUT2D eigenvalue weighted by molar-refractivity contribution is 0.0106. The summed E-state index contributed by atoms with van der Waals surface area (Å²) in [6.07, 6.45) is 0. The van der Waals surface area contributed by atoms with Crippen molar-refractivity contribution >= 4 is 5.90 Å². The van der Waals surface area contributed by atoms with Gasteiger partial charge >= 0.3 is 0 Å². The molecule has 0 bridgehead atoms. The first-order valence-corrected chi connectivity index (χ1v) is 3.91. The highest BCUT2D eigenvalue weighted by molar-refractivity contribution is 5.78. The van der Waals surface area contributed by atoms with E-state index in [-0.39, 0.29) is 0 Å². The average Bonchev–Trinajstić information content (AvgIpc) is 2.33. The maximum atomic E-state index is 5.11. The van der Waals surface area contributed by atoms with Crippen LogP contribution in [0.25, 0.3) is 0 Å². The van der Waals surface area contributed by atoms with Crippen LogP contribution in [0.15, 0.2) is 5.10 Å². The van der Waals surface area contributed by atoms with Gasteiger partial charge in [-0.15, -0.1) is 5.10 Å². The SMILES string of the molecule is CC(C)C1=NN(C(C)C)NO1. The average molecular weight is 157 g/mol. The third kappa shape index (κ3) is 1.83. The zero-order chi connectivity index (χ0) is 8.43. The molecule has 1 heterocycles. The van der Waals surface area contributed by atoms with Gasteiger partial charge in [-0.3, -0.25) is 0 Å². The van der Waals surface area contributed by atoms with Crippen LogP contribution in [0.5, 0.6) is 0 Å². The molecule has 0 unspecified atom stereocenters. The second-order valence-corrected chi connectivity index (χ2v) is 3.22. The Bertz CT molecular complexity index is 165. The van der Waals surface area contributed by atoms with Gasteiger partial charge in [0.1, 0.15) is 0 Å². The Hall–Kier alpha value is -0.770. The normalized spacial score (nSPS) is 17.6. The number of hydrogen-bond donors (Lipinski definition) is 1. The van der Waals surface area contributed by atoms with E-state index in [2.05, 4.69) is 10.7 Å². The number of nitrogens with zero attached hydrogens (tertiary/aromatic N) is 2. The number of hydrogen-bond acceptors (Lipinski definition) is 4. The van der Waals surface area contributed by atoms with E-state index in [0.717, 1.165) is 5.90 Å². The summed E-state index contributed by atoms with van der Waals surface area (Å²) in [6.45, 7) is 8.18. The summed E-state index contributed by atoms with van der Waals surface area (Å²) in [5.74, 6) is 1.09. The Morgan fingerprint density at radius 2 is 2.00 bits per heavy atom. The van der Waals surface area contributed by atoms with E-state index in [1.807, 2.05) is 27.7 Å². The van der Waals surface area contributed by atoms with Crippen molar-refractivity contribution in [3.05, 3.63) is 0 Å². The van der Waals surface area contributed by atoms with Crippen molar-refractivity contribution in [2.75, 3.05) is 0 Å². The largest absolute Gasteiger partial charge is 0.370 e. The molecule has 1 aliphatic rings. The van der Waals surface area contributed by atoms with Crippen molar-refractivity contribution in [1.82, 2.24) is 10.7 Å². The molecule has 0 radical (unpaired) electrons. The van der Waals surface area contributed by atoms with Crippen LogP contribution in [0.2, 0.25) is 0 Å². The van der Waals surface area contributed by atoms with Gasteiger partial charge in [-0.25, -0.2) is 0 Å². The highest BCUT2D eigenvalue weighted by Gasteiger charge is 2.19. The summed E-state index contributed by atoms with van der Waals surface area (Å²) in [5, 5.41) is 5.91. The number of hydrazine groups is 1. The monoisotopic (exact) mass is 157 g/mol. The highest BCUT2D eigenvalue weighted by atomic mass is 16.7. The fraction of sp³-hybridized carbons (Fsp3) is 0.857. The summed E-state index contributed by atoms with van der Waals surface area (Å²) in [7, 11) is 0. The topological polar surface area (TPSA) is 36.9 Å². The van der Waals surface area contributed by atoms with Crippen LogP contribution in [0, 0.1) is 5.92 Å². The van der Waals surface area contributed by atoms with Crippen LogP contribution in [-0.2, 0) is 4.84 Å². The molecule has 0 aromatic heterocycles. The van der Waals surface area contributed by atoms with Crippen LogP contribution in [-0.4, -0.2) is 17.1 Å². The maximum Gasteiger partial charge on any atom is 0.237 e. The smallest absolute Gasteiger partial charge is 0.237 e. The van der Waals surface area contributed by atoms with E-state index >= 15 is 0 Å². The Morgan fingerprint density at radius 3 is 2.27 bits per heavy atom. The Balaban J connectivity index is 2.54. The van der Waals surface area contributed by atoms with Gasteiger partial charge in [0.15, 0.2) is 0 Å². The van der Waals surface area contributed by atoms with E-state index in [4.69, 9.17) is 4.84 Å². The quantitative estimate of drug-likeness (QED) is 0.652. The van der Waals surface area contributed by atoms with Crippen molar-refractivity contribution in [2.45, 2.75) is 33.7 Å². The van der Waals surface area contributed by atoms with Crippen LogP contribution >= 0.6 is 0 Å². The van der Waals surface area contributed by atoms with Crippen molar-refractivity contribution in [1.29, 1.82) is 0 Å². The fourth-order valence-corrected chi connectivity index (χ4v) is 0.695. The summed E-state index contributed by atoms with van der Waals surface area (Å²) in [5.41, 5.74) is 2.72. The summed E-state index contributed by atoms with van der Waals surface area (Å²) in [6, 6.07) is 0.325. The second-order valence-electron chi connectivity index (χ2n) is 3.22. The molecule has 1 N–H and O–H groups in total. The Labute approximate surface area is 67.1 Å². The third-order valence-electron chi connectivity index (χ3n) is 1.43. The minimum absolute atomic E-state index is 0.325. The minimum atomic E-state index is 0.325. The van der Waals surface area contributed by atoms with Gasteiger partial charge in [0.2, 0.25) is 5.90 Å². The lowest BCUT2D eigenvalue weighted by Gasteiger charge is -2.14. The first-order valence-electron chi connectivity index (χ1n) is 3.91. The molecule has 0 saturated carbocycles. The molecule has 0 aromatic rings. The van der Waals surface area contributed by atoms with Crippen molar-refractivity contribution < 1.29 is 4.84 Å². The van der Waals surface area contributed by atoms with E-state index in [0.29, 0.717) is 12.0 Å². The Morgan fingerprint density at radius 1 is 1.36 bits per heavy atom. The number of rotatable bonds is 2. The van der Waals surface area contributed by atoms with E-state index in [9.17, 15) is 0 Å². The molecule has 4 nitrogen and oxygen atoms in total. The zero-order valence-electron chi connectivity index (χ0n) is 7.46. The highest BCUT2D eigenvalue weighted by Crippen LogP contribution is 2.07. The summed E-state index contributed by atoms with van der Waals surface area (Å²) in [4.78, 5) is 5.11. The molecule has 64 valence electrons. The first-order chi connectivity index (χ1) is 5.11. The van der Waals surface area contributed by atoms with Gasteiger partial charge in [0.25, 0.3) is 0 Å². The predicted molar refractivity (Wildman–Crippen MR) is 43.5 cm³/mol. The zero-order valence-corrected chi connectivity index (χ0v) is 7.46. The lowest BCUT2D eigenvalue weighted by atomic mass is 10.2. The fourth-order valence-electron chi connectivity index (χ4n) is 0.695. The first kappa shape index (κ1) is 8.33. The van der Waals surface area contributed by atoms with Gasteiger partial charge in [-0.2, -0.15) is 5.12 Å². The molecule has 0 atom stereocenters. The molecule has 4 heteroatoms. The van der Waals surface area contributed by atoms with Crippen molar-refractivity contribution in [3.63, 3.8) is 0 Å². The molecular formula is C7H15N3O. The molecule has 0 amide bonds. The second kappa shape index (κ2) is 3.09. The summed E-state index contributed by atoms with van der Waals surface area (Å²) >= 11 is 0. The van der Waals surface area contributed by atoms with Gasteiger partial charge in [0.05, 0.1) is 6.04 Å². The van der Waals surface area contributed by atoms with Gasteiger partial charge in [-0.1, -0.05) is 13.8 Å². The van der Waals surface area contributed by atoms with Crippen LogP contribution in [0.3, 0.4) is 0 Å². The minimum Gasteiger partial charge on any atom is -0.370 e. The van der Waals surface area contributed by atoms with Crippen molar-refractivity contribution in [3.8, 4) is 0 Å². The van der Waals surface area contributed by atoms with Crippen molar-refractivity contribution in [2.24, 2.45) is 11.0 Å². The molecule has 0 fully saturated rings. The molecule has 1 aliphatic heterocycles.